The van der Waals surface area contributed by atoms with Crippen molar-refractivity contribution in [2.45, 2.75) is 26.2 Å². The van der Waals surface area contributed by atoms with E-state index in [-0.39, 0.29) is 36.5 Å². The highest BCUT2D eigenvalue weighted by Crippen LogP contribution is 2.41. The Balaban J connectivity index is 1.71. The number of amides is 1. The van der Waals surface area contributed by atoms with Crippen LogP contribution in [-0.4, -0.2) is 56.7 Å². The van der Waals surface area contributed by atoms with Crippen LogP contribution in [0.5, 0.6) is 0 Å². The molecule has 0 spiro atoms. The van der Waals surface area contributed by atoms with E-state index in [1.54, 1.807) is 24.8 Å². The summed E-state index contributed by atoms with van der Waals surface area (Å²) >= 11 is 0. The third-order valence-corrected chi connectivity index (χ3v) is 5.46. The minimum absolute atomic E-state index is 0.111. The summed E-state index contributed by atoms with van der Waals surface area (Å²) in [7, 11) is 0. The Morgan fingerprint density at radius 2 is 1.43 bits per heavy atom. The number of anilines is 1. The molecule has 0 saturated carbocycles. The van der Waals surface area contributed by atoms with Crippen LogP contribution in [0.4, 0.5) is 32.3 Å². The highest BCUT2D eigenvalue weighted by atomic mass is 19.4. The zero-order valence-electron chi connectivity index (χ0n) is 18.7. The number of hydrogen-bond donors (Lipinski definition) is 0. The number of aryl methyl sites for hydroxylation is 2. The second kappa shape index (κ2) is 8.86. The van der Waals surface area contributed by atoms with Crippen molar-refractivity contribution in [2.24, 2.45) is 0 Å². The number of aromatic nitrogens is 4. The van der Waals surface area contributed by atoms with Gasteiger partial charge in [-0.2, -0.15) is 31.4 Å². The van der Waals surface area contributed by atoms with Crippen molar-refractivity contribution in [3.05, 3.63) is 64.7 Å². The molecule has 0 atom stereocenters. The summed E-state index contributed by atoms with van der Waals surface area (Å²) in [4.78, 5) is 24.5. The van der Waals surface area contributed by atoms with Crippen LogP contribution in [0, 0.1) is 13.8 Å². The smallest absolute Gasteiger partial charge is 0.337 e. The molecule has 1 amide bonds. The van der Waals surface area contributed by atoms with Gasteiger partial charge < -0.3 is 9.80 Å². The molecule has 2 aromatic heterocycles. The lowest BCUT2D eigenvalue weighted by molar-refractivity contribution is -0.144. The van der Waals surface area contributed by atoms with E-state index in [9.17, 15) is 31.1 Å². The second-order valence-corrected chi connectivity index (χ2v) is 8.05. The van der Waals surface area contributed by atoms with Crippen LogP contribution >= 0.6 is 0 Å². The lowest BCUT2D eigenvalue weighted by Crippen LogP contribution is -2.49. The van der Waals surface area contributed by atoms with E-state index in [1.807, 2.05) is 0 Å². The molecule has 1 aliphatic rings. The molecule has 1 saturated heterocycles. The Morgan fingerprint density at radius 1 is 0.857 bits per heavy atom. The molecular weight excluding hydrogens is 478 g/mol. The highest BCUT2D eigenvalue weighted by molar-refractivity contribution is 5.97. The average molecular weight is 498 g/mol. The lowest BCUT2D eigenvalue weighted by Gasteiger charge is -2.35. The molecule has 0 aliphatic carbocycles. The third-order valence-electron chi connectivity index (χ3n) is 5.46. The first kappa shape index (κ1) is 24.5. The number of piperazine rings is 1. The van der Waals surface area contributed by atoms with Crippen LogP contribution in [0.1, 0.15) is 33.1 Å². The molecule has 35 heavy (non-hydrogen) atoms. The largest absolute Gasteiger partial charge is 0.436 e. The van der Waals surface area contributed by atoms with Crippen LogP contribution in [0.15, 0.2) is 36.4 Å². The summed E-state index contributed by atoms with van der Waals surface area (Å²) in [6.45, 7) is 3.62. The molecule has 186 valence electrons. The number of para-hydroxylation sites is 1. The van der Waals surface area contributed by atoms with Gasteiger partial charge in [0.05, 0.1) is 5.69 Å². The van der Waals surface area contributed by atoms with E-state index >= 15 is 0 Å². The van der Waals surface area contributed by atoms with Gasteiger partial charge in [0.1, 0.15) is 5.56 Å². The Morgan fingerprint density at radius 3 is 1.94 bits per heavy atom. The van der Waals surface area contributed by atoms with E-state index in [0.717, 1.165) is 4.90 Å². The van der Waals surface area contributed by atoms with Crippen LogP contribution < -0.4 is 4.90 Å². The van der Waals surface area contributed by atoms with Crippen molar-refractivity contribution in [1.29, 1.82) is 0 Å². The van der Waals surface area contributed by atoms with E-state index in [4.69, 9.17) is 0 Å². The fraction of sp³-hybridized carbons (Fsp3) is 0.364. The summed E-state index contributed by atoms with van der Waals surface area (Å²) in [6, 6.07) is 8.35. The van der Waals surface area contributed by atoms with Gasteiger partial charge >= 0.3 is 12.4 Å². The van der Waals surface area contributed by atoms with Gasteiger partial charge in [0, 0.05) is 37.6 Å². The summed E-state index contributed by atoms with van der Waals surface area (Å²) in [5, 5.41) is 3.21. The van der Waals surface area contributed by atoms with Crippen LogP contribution in [-0.2, 0) is 12.4 Å². The maximum Gasteiger partial charge on any atom is 0.436 e. The molecule has 0 bridgehead atoms. The van der Waals surface area contributed by atoms with Crippen LogP contribution in [0.25, 0.3) is 5.69 Å². The predicted molar refractivity (Wildman–Crippen MR) is 113 cm³/mol. The standard InChI is InChI=1S/C22H20F6N6O/c1-13-12-14(2)30-20(29-13)33-10-8-32(9-11-33)19(35)16-17(21(23,24)25)31-34(18(16)22(26,27)28)15-6-4-3-5-7-15/h3-7,12H,8-11H2,1-2H3. The van der Waals surface area contributed by atoms with Crippen molar-refractivity contribution in [3.8, 4) is 5.69 Å². The number of benzene rings is 1. The van der Waals surface area contributed by atoms with Crippen molar-refractivity contribution in [3.63, 3.8) is 0 Å². The number of rotatable bonds is 3. The number of halogens is 6. The van der Waals surface area contributed by atoms with Gasteiger partial charge in [0.2, 0.25) is 5.95 Å². The number of carbonyl (C=O) groups excluding carboxylic acids is 1. The maximum absolute atomic E-state index is 14.1. The molecule has 7 nitrogen and oxygen atoms in total. The monoisotopic (exact) mass is 498 g/mol. The van der Waals surface area contributed by atoms with Crippen molar-refractivity contribution in [2.75, 3.05) is 31.1 Å². The van der Waals surface area contributed by atoms with E-state index in [0.29, 0.717) is 17.3 Å². The highest BCUT2D eigenvalue weighted by Gasteiger charge is 2.50. The Labute approximate surface area is 196 Å². The van der Waals surface area contributed by atoms with Gasteiger partial charge in [0.15, 0.2) is 11.4 Å². The van der Waals surface area contributed by atoms with Crippen molar-refractivity contribution >= 4 is 11.9 Å². The van der Waals surface area contributed by atoms with Gasteiger partial charge in [-0.3, -0.25) is 4.79 Å². The summed E-state index contributed by atoms with van der Waals surface area (Å²) in [5.41, 5.74) is -3.97. The molecule has 1 aromatic carbocycles. The lowest BCUT2D eigenvalue weighted by atomic mass is 10.1. The SMILES string of the molecule is Cc1cc(C)nc(N2CCN(C(=O)c3c(C(F)(F)F)nn(-c4ccccc4)c3C(F)(F)F)CC2)n1. The molecule has 0 radical (unpaired) electrons. The fourth-order valence-corrected chi connectivity index (χ4v) is 3.95. The maximum atomic E-state index is 14.1. The first-order valence-corrected chi connectivity index (χ1v) is 10.6. The van der Waals surface area contributed by atoms with Gasteiger partial charge in [-0.05, 0) is 32.0 Å². The fourth-order valence-electron chi connectivity index (χ4n) is 3.95. The molecule has 3 heterocycles. The molecule has 1 fully saturated rings. The Kier molecular flexibility index (Phi) is 6.20. The zero-order valence-corrected chi connectivity index (χ0v) is 18.7. The number of nitrogens with zero attached hydrogens (tertiary/aromatic N) is 6. The molecule has 0 unspecified atom stereocenters. The number of alkyl halides is 6. The molecule has 1 aliphatic heterocycles. The van der Waals surface area contributed by atoms with E-state index in [1.165, 1.54) is 30.3 Å². The van der Waals surface area contributed by atoms with Crippen molar-refractivity contribution in [1.82, 2.24) is 24.6 Å². The zero-order chi connectivity index (χ0) is 25.5. The quantitative estimate of drug-likeness (QED) is 0.505. The Bertz CT molecular complexity index is 1210. The summed E-state index contributed by atoms with van der Waals surface area (Å²) in [5.74, 6) is -0.994. The number of hydrogen-bond acceptors (Lipinski definition) is 5. The summed E-state index contributed by atoms with van der Waals surface area (Å²) < 4.78 is 83.7. The molecular formula is C22H20F6N6O. The number of carbonyl (C=O) groups is 1. The molecule has 3 aromatic rings. The first-order valence-electron chi connectivity index (χ1n) is 10.6. The predicted octanol–water partition coefficient (Wildman–Crippen LogP) is 4.28. The molecule has 0 N–H and O–H groups in total. The molecule has 4 rings (SSSR count). The topological polar surface area (TPSA) is 67.2 Å². The van der Waals surface area contributed by atoms with Crippen LogP contribution in [0.2, 0.25) is 0 Å². The van der Waals surface area contributed by atoms with Gasteiger partial charge in [0.25, 0.3) is 5.91 Å². The summed E-state index contributed by atoms with van der Waals surface area (Å²) in [6.07, 6.45) is -10.5. The average Bonchev–Trinajstić information content (AvgIpc) is 3.21. The van der Waals surface area contributed by atoms with Crippen molar-refractivity contribution < 1.29 is 31.1 Å². The van der Waals surface area contributed by atoms with E-state index < -0.39 is 35.2 Å². The second-order valence-electron chi connectivity index (χ2n) is 8.05. The minimum Gasteiger partial charge on any atom is -0.337 e. The van der Waals surface area contributed by atoms with Crippen LogP contribution in [0.3, 0.4) is 0 Å². The van der Waals surface area contributed by atoms with Gasteiger partial charge in [-0.25, -0.2) is 14.6 Å². The molecule has 13 heteroatoms. The normalized spacial score (nSPS) is 15.0. The minimum atomic E-state index is -5.28. The van der Waals surface area contributed by atoms with E-state index in [2.05, 4.69) is 15.1 Å². The van der Waals surface area contributed by atoms with Gasteiger partial charge in [-0.15, -0.1) is 0 Å². The van der Waals surface area contributed by atoms with Gasteiger partial charge in [-0.1, -0.05) is 18.2 Å². The third kappa shape index (κ3) is 4.93. The first-order chi connectivity index (χ1) is 16.4. The Hall–Kier alpha value is -3.64.